The summed E-state index contributed by atoms with van der Waals surface area (Å²) in [7, 11) is 1.70. The summed E-state index contributed by atoms with van der Waals surface area (Å²) in [5.41, 5.74) is 2.12. The topological polar surface area (TPSA) is 93.5 Å². The summed E-state index contributed by atoms with van der Waals surface area (Å²) in [6, 6.07) is 9.07. The van der Waals surface area contributed by atoms with Crippen LogP contribution >= 0.6 is 0 Å². The van der Waals surface area contributed by atoms with Gasteiger partial charge in [0.05, 0.1) is 18.2 Å². The number of amides is 1. The van der Waals surface area contributed by atoms with Crippen LogP contribution in [0.4, 0.5) is 0 Å². The summed E-state index contributed by atoms with van der Waals surface area (Å²) in [6.45, 7) is 6.53. The molecule has 0 saturated carbocycles. The molecule has 0 spiro atoms. The highest BCUT2D eigenvalue weighted by Gasteiger charge is 2.21. The monoisotopic (exact) mass is 373 g/mol. The van der Waals surface area contributed by atoms with Crippen LogP contribution in [0.5, 0.6) is 5.75 Å². The first-order valence-electron chi connectivity index (χ1n) is 9.08. The van der Waals surface area contributed by atoms with Crippen molar-refractivity contribution in [3.05, 3.63) is 47.3 Å². The fourth-order valence-corrected chi connectivity index (χ4v) is 2.71. The first-order chi connectivity index (χ1) is 12.8. The number of benzene rings is 1. The Labute approximate surface area is 159 Å². The predicted octanol–water partition coefficient (Wildman–Crippen LogP) is 2.62. The lowest BCUT2D eigenvalue weighted by Crippen LogP contribution is -2.34. The van der Waals surface area contributed by atoms with Crippen molar-refractivity contribution in [3.63, 3.8) is 0 Å². The van der Waals surface area contributed by atoms with Gasteiger partial charge in [-0.2, -0.15) is 5.10 Å². The first kappa shape index (κ1) is 20.5. The van der Waals surface area contributed by atoms with E-state index in [1.807, 2.05) is 45.0 Å². The van der Waals surface area contributed by atoms with E-state index in [-0.39, 0.29) is 18.4 Å². The minimum absolute atomic E-state index is 0.0452. The zero-order valence-corrected chi connectivity index (χ0v) is 16.2. The van der Waals surface area contributed by atoms with E-state index < -0.39 is 11.9 Å². The van der Waals surface area contributed by atoms with Gasteiger partial charge in [-0.1, -0.05) is 26.0 Å². The summed E-state index contributed by atoms with van der Waals surface area (Å²) in [5, 5.41) is 16.5. The molecule has 0 fully saturated rings. The van der Waals surface area contributed by atoms with E-state index in [1.165, 1.54) is 4.68 Å². The summed E-state index contributed by atoms with van der Waals surface area (Å²) in [5.74, 6) is -1.03. The van der Waals surface area contributed by atoms with E-state index in [1.54, 1.807) is 13.1 Å². The molecule has 7 heteroatoms. The number of hydrogen-bond donors (Lipinski definition) is 2. The van der Waals surface area contributed by atoms with Crippen molar-refractivity contribution in [1.82, 2.24) is 15.1 Å². The number of carboxylic acids is 1. The van der Waals surface area contributed by atoms with Crippen LogP contribution in [0.1, 0.15) is 48.4 Å². The molecule has 2 rings (SSSR count). The van der Waals surface area contributed by atoms with Gasteiger partial charge in [0.25, 0.3) is 5.91 Å². The summed E-state index contributed by atoms with van der Waals surface area (Å²) >= 11 is 0. The van der Waals surface area contributed by atoms with Gasteiger partial charge in [0.1, 0.15) is 11.4 Å². The number of aliphatic carboxylic acids is 1. The Hall–Kier alpha value is -2.83. The Morgan fingerprint density at radius 3 is 2.44 bits per heavy atom. The van der Waals surface area contributed by atoms with Crippen LogP contribution in [0.25, 0.3) is 0 Å². The number of hydrogen-bond acceptors (Lipinski definition) is 4. The summed E-state index contributed by atoms with van der Waals surface area (Å²) < 4.78 is 6.91. The molecule has 27 heavy (non-hydrogen) atoms. The van der Waals surface area contributed by atoms with Gasteiger partial charge < -0.3 is 15.2 Å². The number of ether oxygens (including phenoxy) is 1. The van der Waals surface area contributed by atoms with Crippen LogP contribution in [0.2, 0.25) is 0 Å². The number of nitrogens with zero attached hydrogens (tertiary/aromatic N) is 2. The molecule has 1 heterocycles. The van der Waals surface area contributed by atoms with Crippen LogP contribution in [-0.2, 0) is 18.3 Å². The number of carbonyl (C=O) groups is 2. The maximum Gasteiger partial charge on any atom is 0.308 e. The van der Waals surface area contributed by atoms with Crippen molar-refractivity contribution in [2.75, 3.05) is 13.2 Å². The predicted molar refractivity (Wildman–Crippen MR) is 102 cm³/mol. The number of rotatable bonds is 9. The summed E-state index contributed by atoms with van der Waals surface area (Å²) in [4.78, 5) is 24.0. The lowest BCUT2D eigenvalue weighted by atomic mass is 9.99. The number of carboxylic acid groups (broad SMARTS) is 1. The normalized spacial score (nSPS) is 12.0. The average Bonchev–Trinajstić information content (AvgIpc) is 3.02. The van der Waals surface area contributed by atoms with E-state index in [4.69, 9.17) is 4.74 Å². The van der Waals surface area contributed by atoms with Crippen molar-refractivity contribution in [2.45, 2.75) is 33.1 Å². The zero-order chi connectivity index (χ0) is 20.0. The Bertz CT molecular complexity index is 781. The molecule has 2 aromatic rings. The molecule has 2 N–H and O–H groups in total. The van der Waals surface area contributed by atoms with Crippen LogP contribution < -0.4 is 10.1 Å². The Balaban J connectivity index is 1.99. The molecule has 1 unspecified atom stereocenters. The van der Waals surface area contributed by atoms with E-state index in [0.29, 0.717) is 18.7 Å². The second kappa shape index (κ2) is 9.21. The van der Waals surface area contributed by atoms with Gasteiger partial charge in [0.2, 0.25) is 0 Å². The third-order valence-electron chi connectivity index (χ3n) is 4.30. The molecule has 1 aromatic carbocycles. The number of carbonyl (C=O) groups excluding carboxylic acids is 1. The molecule has 0 radical (unpaired) electrons. The van der Waals surface area contributed by atoms with E-state index in [2.05, 4.69) is 10.4 Å². The highest BCUT2D eigenvalue weighted by atomic mass is 16.5. The van der Waals surface area contributed by atoms with E-state index >= 15 is 0 Å². The molecule has 0 aliphatic rings. The minimum Gasteiger partial charge on any atom is -0.494 e. The second-order valence-electron chi connectivity index (χ2n) is 6.76. The van der Waals surface area contributed by atoms with Gasteiger partial charge in [-0.05, 0) is 43.0 Å². The number of nitrogens with one attached hydrogen (secondary N) is 1. The van der Waals surface area contributed by atoms with E-state index in [9.17, 15) is 14.7 Å². The lowest BCUT2D eigenvalue weighted by Gasteiger charge is -2.14. The fraction of sp³-hybridized carbons (Fsp3) is 0.450. The molecular weight excluding hydrogens is 346 g/mol. The lowest BCUT2D eigenvalue weighted by molar-refractivity contribution is -0.141. The van der Waals surface area contributed by atoms with Crippen molar-refractivity contribution in [3.8, 4) is 5.75 Å². The fourth-order valence-electron chi connectivity index (χ4n) is 2.71. The van der Waals surface area contributed by atoms with Crippen molar-refractivity contribution in [2.24, 2.45) is 13.0 Å². The molecule has 1 aromatic heterocycles. The van der Waals surface area contributed by atoms with Crippen LogP contribution in [-0.4, -0.2) is 39.9 Å². The molecule has 0 bridgehead atoms. The molecule has 1 amide bonds. The highest BCUT2D eigenvalue weighted by Crippen LogP contribution is 2.16. The number of aryl methyl sites for hydroxylation is 1. The van der Waals surface area contributed by atoms with Gasteiger partial charge >= 0.3 is 5.97 Å². The molecule has 1 atom stereocenters. The van der Waals surface area contributed by atoms with Crippen molar-refractivity contribution >= 4 is 11.9 Å². The van der Waals surface area contributed by atoms with Gasteiger partial charge in [-0.15, -0.1) is 0 Å². The molecular formula is C20H27N3O4. The quantitative estimate of drug-likeness (QED) is 0.705. The zero-order valence-electron chi connectivity index (χ0n) is 16.2. The minimum atomic E-state index is -0.947. The maximum atomic E-state index is 12.4. The standard InChI is InChI=1S/C20H27N3O4/c1-5-27-16-8-6-14(7-9-16)10-15(20(25)26)12-21-19(24)18-11-17(13(2)3)22-23(18)4/h6-9,11,13,15H,5,10,12H2,1-4H3,(H,21,24)(H,25,26). The Kier molecular flexibility index (Phi) is 6.98. The molecule has 0 aliphatic carbocycles. The maximum absolute atomic E-state index is 12.4. The molecule has 0 aliphatic heterocycles. The van der Waals surface area contributed by atoms with Gasteiger partial charge in [0, 0.05) is 13.6 Å². The van der Waals surface area contributed by atoms with Gasteiger partial charge in [-0.25, -0.2) is 0 Å². The van der Waals surface area contributed by atoms with Crippen LogP contribution in [0.15, 0.2) is 30.3 Å². The van der Waals surface area contributed by atoms with Crippen molar-refractivity contribution < 1.29 is 19.4 Å². The first-order valence-corrected chi connectivity index (χ1v) is 9.08. The SMILES string of the molecule is CCOc1ccc(CC(CNC(=O)c2cc(C(C)C)nn2C)C(=O)O)cc1. The van der Waals surface area contributed by atoms with Crippen LogP contribution in [0, 0.1) is 5.92 Å². The van der Waals surface area contributed by atoms with Gasteiger partial charge in [0.15, 0.2) is 0 Å². The van der Waals surface area contributed by atoms with Crippen molar-refractivity contribution in [1.29, 1.82) is 0 Å². The third kappa shape index (κ3) is 5.57. The largest absolute Gasteiger partial charge is 0.494 e. The number of aromatic nitrogens is 2. The average molecular weight is 373 g/mol. The van der Waals surface area contributed by atoms with Crippen LogP contribution in [0.3, 0.4) is 0 Å². The molecule has 0 saturated heterocycles. The smallest absolute Gasteiger partial charge is 0.308 e. The summed E-state index contributed by atoms with van der Waals surface area (Å²) in [6.07, 6.45) is 0.324. The highest BCUT2D eigenvalue weighted by molar-refractivity contribution is 5.93. The third-order valence-corrected chi connectivity index (χ3v) is 4.30. The molecule has 7 nitrogen and oxygen atoms in total. The Morgan fingerprint density at radius 1 is 1.26 bits per heavy atom. The molecule has 146 valence electrons. The van der Waals surface area contributed by atoms with Gasteiger partial charge in [-0.3, -0.25) is 14.3 Å². The Morgan fingerprint density at radius 2 is 1.93 bits per heavy atom. The second-order valence-corrected chi connectivity index (χ2v) is 6.76. The van der Waals surface area contributed by atoms with E-state index in [0.717, 1.165) is 17.0 Å².